The van der Waals surface area contributed by atoms with Crippen molar-refractivity contribution in [2.45, 2.75) is 44.2 Å². The van der Waals surface area contributed by atoms with Crippen molar-refractivity contribution in [2.75, 3.05) is 19.7 Å². The Morgan fingerprint density at radius 2 is 1.80 bits per heavy atom. The molecule has 0 radical (unpaired) electrons. The summed E-state index contributed by atoms with van der Waals surface area (Å²) in [6.45, 7) is 0.218. The van der Waals surface area contributed by atoms with E-state index in [4.69, 9.17) is 9.63 Å². The number of nitrogens with zero attached hydrogens (tertiary/aromatic N) is 1. The van der Waals surface area contributed by atoms with Crippen LogP contribution in [0.3, 0.4) is 0 Å². The number of aliphatic carboxylic acids is 1. The number of hydrogen-bond donors (Lipinski definition) is 3. The van der Waals surface area contributed by atoms with E-state index >= 15 is 0 Å². The van der Waals surface area contributed by atoms with Crippen molar-refractivity contribution in [1.29, 1.82) is 0 Å². The number of carboxylic acids is 1. The van der Waals surface area contributed by atoms with Crippen molar-refractivity contribution in [3.05, 3.63) is 71.8 Å². The third-order valence-electron chi connectivity index (χ3n) is 5.78. The summed E-state index contributed by atoms with van der Waals surface area (Å²) in [5, 5.41) is 14.7. The molecular formula is C25H32N3O6P. The monoisotopic (exact) mass is 501 g/mol. The minimum Gasteiger partial charge on any atom is -0.480 e. The summed E-state index contributed by atoms with van der Waals surface area (Å²) in [7, 11) is -2.68. The second kappa shape index (κ2) is 13.8. The van der Waals surface area contributed by atoms with Crippen molar-refractivity contribution in [1.82, 2.24) is 15.3 Å². The lowest BCUT2D eigenvalue weighted by molar-refractivity contribution is -0.146. The molecule has 1 fully saturated rings. The molecule has 3 rings (SSSR count). The highest BCUT2D eigenvalue weighted by molar-refractivity contribution is 7.36. The third-order valence-corrected chi connectivity index (χ3v) is 6.83. The van der Waals surface area contributed by atoms with E-state index in [2.05, 4.69) is 10.4 Å². The maximum absolute atomic E-state index is 12.7. The van der Waals surface area contributed by atoms with Crippen molar-refractivity contribution >= 4 is 26.0 Å². The van der Waals surface area contributed by atoms with Gasteiger partial charge in [-0.05, 0) is 49.8 Å². The minimum atomic E-state index is -2.68. The predicted octanol–water partition coefficient (Wildman–Crippen LogP) is 2.88. The zero-order chi connectivity index (χ0) is 25.0. The first-order chi connectivity index (χ1) is 16.9. The summed E-state index contributed by atoms with van der Waals surface area (Å²) < 4.78 is 17.8. The second-order valence-corrected chi connectivity index (χ2v) is 9.65. The average Bonchev–Trinajstić information content (AvgIpc) is 2.85. The van der Waals surface area contributed by atoms with Crippen LogP contribution < -0.4 is 10.4 Å². The van der Waals surface area contributed by atoms with E-state index in [0.717, 1.165) is 5.56 Å². The first-order valence-corrected chi connectivity index (χ1v) is 13.1. The molecule has 188 valence electrons. The molecule has 1 aliphatic rings. The molecule has 0 saturated carbocycles. The van der Waals surface area contributed by atoms with E-state index in [9.17, 15) is 18.9 Å². The van der Waals surface area contributed by atoms with E-state index < -0.39 is 20.2 Å². The van der Waals surface area contributed by atoms with Gasteiger partial charge in [-0.25, -0.2) is 5.09 Å². The molecule has 1 saturated heterocycles. The molecule has 0 aliphatic carbocycles. The molecule has 2 amide bonds. The van der Waals surface area contributed by atoms with Crippen molar-refractivity contribution in [3.8, 4) is 0 Å². The maximum atomic E-state index is 12.7. The molecule has 10 heteroatoms. The van der Waals surface area contributed by atoms with Gasteiger partial charge < -0.3 is 19.8 Å². The molecule has 3 atom stereocenters. The fourth-order valence-corrected chi connectivity index (χ4v) is 5.02. The van der Waals surface area contributed by atoms with Gasteiger partial charge in [0.2, 0.25) is 5.91 Å². The van der Waals surface area contributed by atoms with Gasteiger partial charge in [0.15, 0.2) is 0 Å². The Bertz CT molecular complexity index is 1000. The maximum Gasteiger partial charge on any atom is 0.323 e. The summed E-state index contributed by atoms with van der Waals surface area (Å²) in [6, 6.07) is 18.1. The van der Waals surface area contributed by atoms with Crippen LogP contribution in [-0.2, 0) is 25.1 Å². The van der Waals surface area contributed by atoms with Gasteiger partial charge in [0, 0.05) is 18.2 Å². The Morgan fingerprint density at radius 3 is 2.49 bits per heavy atom. The lowest BCUT2D eigenvalue weighted by atomic mass is 10.0. The number of carboxylic acid groups (broad SMARTS) is 1. The summed E-state index contributed by atoms with van der Waals surface area (Å²) in [5.74, 6) is -1.59. The van der Waals surface area contributed by atoms with Crippen molar-refractivity contribution in [3.63, 3.8) is 0 Å². The first-order valence-electron chi connectivity index (χ1n) is 11.8. The molecule has 3 N–H and O–H groups in total. The number of benzene rings is 2. The van der Waals surface area contributed by atoms with Gasteiger partial charge in [0.05, 0.1) is 12.6 Å². The molecule has 9 nitrogen and oxygen atoms in total. The Labute approximate surface area is 205 Å². The van der Waals surface area contributed by atoms with Gasteiger partial charge in [0.25, 0.3) is 14.1 Å². The SMILES string of the molecule is O=C(O)CN1CCC[C@H](N[PH](=O)OCCCC(Cc2ccccc2)NC(=O)c2ccccc2)C1=O. The van der Waals surface area contributed by atoms with Gasteiger partial charge in [0.1, 0.15) is 6.54 Å². The van der Waals surface area contributed by atoms with E-state index in [1.54, 1.807) is 12.1 Å². The van der Waals surface area contributed by atoms with E-state index in [1.807, 2.05) is 48.5 Å². The normalized spacial score (nSPS) is 17.5. The number of nitrogens with one attached hydrogen (secondary N) is 2. The molecule has 1 aliphatic heterocycles. The Balaban J connectivity index is 1.47. The average molecular weight is 502 g/mol. The molecule has 0 aromatic heterocycles. The molecule has 0 spiro atoms. The highest BCUT2D eigenvalue weighted by Crippen LogP contribution is 2.23. The van der Waals surface area contributed by atoms with Crippen molar-refractivity contribution < 1.29 is 28.6 Å². The number of likely N-dealkylation sites (tertiary alicyclic amines) is 1. The Hall–Kier alpha value is -3.00. The van der Waals surface area contributed by atoms with Gasteiger partial charge >= 0.3 is 5.97 Å². The minimum absolute atomic E-state index is 0.131. The zero-order valence-corrected chi connectivity index (χ0v) is 20.5. The summed E-state index contributed by atoms with van der Waals surface area (Å²) in [4.78, 5) is 37.2. The Morgan fingerprint density at radius 1 is 1.11 bits per heavy atom. The molecule has 1 heterocycles. The van der Waals surface area contributed by atoms with Crippen LogP contribution in [0.25, 0.3) is 0 Å². The topological polar surface area (TPSA) is 125 Å². The standard InChI is InChI=1S/C25H32N3O6P/c29-23(30)18-28-15-7-14-22(25(28)32)27-35(33)34-16-8-13-21(17-19-9-3-1-4-10-19)26-24(31)20-11-5-2-6-12-20/h1-6,9-12,21-22,35H,7-8,13-18H2,(H,26,31)(H,27,33)(H,29,30)/t21?,22-/m0/s1. The molecule has 35 heavy (non-hydrogen) atoms. The van der Waals surface area contributed by atoms with Crippen LogP contribution in [0, 0.1) is 0 Å². The number of piperidine rings is 1. The van der Waals surface area contributed by atoms with Crippen LogP contribution >= 0.6 is 8.18 Å². The van der Waals surface area contributed by atoms with Crippen LogP contribution in [0.1, 0.15) is 41.6 Å². The molecule has 0 bridgehead atoms. The van der Waals surface area contributed by atoms with E-state index in [-0.39, 0.29) is 31.0 Å². The fourth-order valence-electron chi connectivity index (χ4n) is 4.06. The number of rotatable bonds is 13. The van der Waals surface area contributed by atoms with Gasteiger partial charge in [-0.1, -0.05) is 48.5 Å². The predicted molar refractivity (Wildman–Crippen MR) is 132 cm³/mol. The van der Waals surface area contributed by atoms with Gasteiger partial charge in [-0.15, -0.1) is 0 Å². The summed E-state index contributed by atoms with van der Waals surface area (Å²) in [5.41, 5.74) is 1.69. The Kier molecular flexibility index (Phi) is 10.5. The molecule has 2 unspecified atom stereocenters. The van der Waals surface area contributed by atoms with Crippen LogP contribution in [0.15, 0.2) is 60.7 Å². The van der Waals surface area contributed by atoms with Gasteiger partial charge in [-0.3, -0.25) is 18.9 Å². The summed E-state index contributed by atoms with van der Waals surface area (Å²) in [6.07, 6.45) is 2.96. The van der Waals surface area contributed by atoms with Crippen molar-refractivity contribution in [2.24, 2.45) is 0 Å². The lowest BCUT2D eigenvalue weighted by Crippen LogP contribution is -2.50. The van der Waals surface area contributed by atoms with Crippen LogP contribution in [0.2, 0.25) is 0 Å². The first kappa shape index (κ1) is 26.6. The van der Waals surface area contributed by atoms with E-state index in [1.165, 1.54) is 4.90 Å². The van der Waals surface area contributed by atoms with Crippen LogP contribution in [0.4, 0.5) is 0 Å². The fraction of sp³-hybridized carbons (Fsp3) is 0.400. The highest BCUT2D eigenvalue weighted by atomic mass is 31.1. The molecule has 2 aromatic rings. The quantitative estimate of drug-likeness (QED) is 0.285. The molecule has 2 aromatic carbocycles. The lowest BCUT2D eigenvalue weighted by Gasteiger charge is -2.31. The van der Waals surface area contributed by atoms with E-state index in [0.29, 0.717) is 44.2 Å². The number of hydrogen-bond acceptors (Lipinski definition) is 5. The van der Waals surface area contributed by atoms with Crippen LogP contribution in [-0.4, -0.2) is 59.6 Å². The van der Waals surface area contributed by atoms with Gasteiger partial charge in [-0.2, -0.15) is 0 Å². The smallest absolute Gasteiger partial charge is 0.323 e. The highest BCUT2D eigenvalue weighted by Gasteiger charge is 2.30. The largest absolute Gasteiger partial charge is 0.480 e. The third kappa shape index (κ3) is 8.94. The molecular weight excluding hydrogens is 469 g/mol. The zero-order valence-electron chi connectivity index (χ0n) is 19.5. The second-order valence-electron chi connectivity index (χ2n) is 8.50. The number of carbonyl (C=O) groups is 3. The summed E-state index contributed by atoms with van der Waals surface area (Å²) >= 11 is 0. The number of amides is 2. The number of carbonyl (C=O) groups excluding carboxylic acids is 2. The van der Waals surface area contributed by atoms with Crippen LogP contribution in [0.5, 0.6) is 0 Å².